The van der Waals surface area contributed by atoms with Crippen molar-refractivity contribution in [3.8, 4) is 0 Å². The van der Waals surface area contributed by atoms with Gasteiger partial charge in [-0.2, -0.15) is 21.0 Å². The van der Waals surface area contributed by atoms with Gasteiger partial charge in [0.2, 0.25) is 0 Å². The molecule has 0 aromatic carbocycles. The molecule has 1 aliphatic rings. The van der Waals surface area contributed by atoms with Gasteiger partial charge in [-0.25, -0.2) is 0 Å². The van der Waals surface area contributed by atoms with Crippen LogP contribution in [0.5, 0.6) is 0 Å². The van der Waals surface area contributed by atoms with E-state index in [1.807, 2.05) is 0 Å². The lowest BCUT2D eigenvalue weighted by Gasteiger charge is -2.22. The second-order valence-electron chi connectivity index (χ2n) is 2.43. The van der Waals surface area contributed by atoms with Crippen molar-refractivity contribution in [1.29, 1.82) is 0 Å². The molecule has 0 amide bonds. The van der Waals surface area contributed by atoms with Crippen molar-refractivity contribution in [1.82, 2.24) is 0 Å². The molecule has 0 spiro atoms. The average Bonchev–Trinajstić information content (AvgIpc) is 1.55. The van der Waals surface area contributed by atoms with Crippen molar-refractivity contribution in [3.63, 3.8) is 0 Å². The highest BCUT2D eigenvalue weighted by atomic mass is 32.3. The van der Waals surface area contributed by atoms with Gasteiger partial charge in [-0.05, 0) is 24.5 Å². The van der Waals surface area contributed by atoms with Gasteiger partial charge >= 0.3 is 10.4 Å². The van der Waals surface area contributed by atoms with Crippen LogP contribution in [0, 0.1) is 5.92 Å². The van der Waals surface area contributed by atoms with E-state index >= 15 is 0 Å². The smallest absolute Gasteiger partial charge is 0.264 e. The van der Waals surface area contributed by atoms with Gasteiger partial charge in [-0.3, -0.25) is 9.11 Å². The highest BCUT2D eigenvalue weighted by Crippen LogP contribution is 2.26. The number of hydrogen-bond donors (Lipinski definition) is 3. The van der Waals surface area contributed by atoms with Crippen LogP contribution in [0.3, 0.4) is 0 Å². The maximum absolute atomic E-state index is 8.74. The molecule has 0 bridgehead atoms. The Hall–Kier alpha value is 0.220. The van der Waals surface area contributed by atoms with Gasteiger partial charge in [-0.15, -0.1) is 0 Å². The first-order chi connectivity index (χ1) is 4.93. The highest BCUT2D eigenvalue weighted by molar-refractivity contribution is 7.80. The Morgan fingerprint density at radius 3 is 1.73 bits per heavy atom. The van der Waals surface area contributed by atoms with Crippen molar-refractivity contribution in [2.75, 3.05) is 5.75 Å². The summed E-state index contributed by atoms with van der Waals surface area (Å²) < 4.78 is 31.6. The first kappa shape index (κ1) is 11.2. The van der Waals surface area contributed by atoms with E-state index in [-0.39, 0.29) is 0 Å². The molecule has 0 aromatic rings. The summed E-state index contributed by atoms with van der Waals surface area (Å²) in [6.07, 6.45) is 4.32. The van der Waals surface area contributed by atoms with Crippen molar-refractivity contribution >= 4 is 23.0 Å². The lowest BCUT2D eigenvalue weighted by Crippen LogP contribution is -2.11. The number of hydrogen-bond acceptors (Lipinski definition) is 3. The zero-order chi connectivity index (χ0) is 8.91. The van der Waals surface area contributed by atoms with Crippen LogP contribution in [0.15, 0.2) is 0 Å². The maximum Gasteiger partial charge on any atom is 0.394 e. The van der Waals surface area contributed by atoms with E-state index in [1.165, 1.54) is 19.3 Å². The number of rotatable bonds is 1. The van der Waals surface area contributed by atoms with Crippen LogP contribution in [0.4, 0.5) is 0 Å². The van der Waals surface area contributed by atoms with Crippen molar-refractivity contribution in [3.05, 3.63) is 0 Å². The van der Waals surface area contributed by atoms with E-state index in [0.717, 1.165) is 11.7 Å². The van der Waals surface area contributed by atoms with Crippen LogP contribution in [0.25, 0.3) is 0 Å². The highest BCUT2D eigenvalue weighted by Gasteiger charge is 2.13. The Bertz CT molecular complexity index is 172. The largest absolute Gasteiger partial charge is 0.394 e. The van der Waals surface area contributed by atoms with E-state index in [9.17, 15) is 0 Å². The molecule has 1 aliphatic carbocycles. The van der Waals surface area contributed by atoms with Gasteiger partial charge in [-0.1, -0.05) is 6.42 Å². The molecule has 0 aliphatic heterocycles. The molecular formula is C5H12O4S2. The van der Waals surface area contributed by atoms with Crippen molar-refractivity contribution < 1.29 is 17.5 Å². The maximum atomic E-state index is 8.74. The monoisotopic (exact) mass is 200 g/mol. The third-order valence-electron chi connectivity index (χ3n) is 1.48. The number of thiol groups is 1. The van der Waals surface area contributed by atoms with Gasteiger partial charge in [0.05, 0.1) is 0 Å². The lowest BCUT2D eigenvalue weighted by atomic mass is 9.87. The fourth-order valence-electron chi connectivity index (χ4n) is 0.675. The zero-order valence-electron chi connectivity index (χ0n) is 5.97. The van der Waals surface area contributed by atoms with Gasteiger partial charge in [0.15, 0.2) is 0 Å². The normalized spacial score (nSPS) is 18.1. The molecule has 1 fully saturated rings. The topological polar surface area (TPSA) is 74.6 Å². The summed E-state index contributed by atoms with van der Waals surface area (Å²) in [5, 5.41) is 0. The Balaban J connectivity index is 0.000000187. The predicted molar refractivity (Wildman–Crippen MR) is 45.4 cm³/mol. The third kappa shape index (κ3) is 10.2. The summed E-state index contributed by atoms with van der Waals surface area (Å²) in [6, 6.07) is 0. The molecular weight excluding hydrogens is 188 g/mol. The Kier molecular flexibility index (Phi) is 5.07. The minimum atomic E-state index is -4.67. The molecule has 4 nitrogen and oxygen atoms in total. The minimum absolute atomic E-state index is 0.980. The summed E-state index contributed by atoms with van der Waals surface area (Å²) in [7, 11) is -4.67. The van der Waals surface area contributed by atoms with Gasteiger partial charge in [0.1, 0.15) is 0 Å². The standard InChI is InChI=1S/C5H10S.H2O4S/c6-4-5-2-1-3-5;1-5(2,3)4/h5-6H,1-4H2;(H2,1,2,3,4). The van der Waals surface area contributed by atoms with E-state index in [1.54, 1.807) is 0 Å². The molecule has 1 rings (SSSR count). The van der Waals surface area contributed by atoms with Crippen LogP contribution in [-0.2, 0) is 10.4 Å². The van der Waals surface area contributed by atoms with Crippen molar-refractivity contribution in [2.24, 2.45) is 5.92 Å². The summed E-state index contributed by atoms with van der Waals surface area (Å²) in [4.78, 5) is 0. The molecule has 2 N–H and O–H groups in total. The molecule has 0 heterocycles. The molecule has 0 saturated heterocycles. The Labute approximate surface area is 72.0 Å². The average molecular weight is 200 g/mol. The van der Waals surface area contributed by atoms with Crippen LogP contribution in [0.1, 0.15) is 19.3 Å². The van der Waals surface area contributed by atoms with E-state index in [0.29, 0.717) is 0 Å². The van der Waals surface area contributed by atoms with Crippen LogP contribution >= 0.6 is 12.6 Å². The summed E-state index contributed by atoms with van der Waals surface area (Å²) >= 11 is 4.15. The first-order valence-corrected chi connectivity index (χ1v) is 5.27. The summed E-state index contributed by atoms with van der Waals surface area (Å²) in [5.74, 6) is 2.09. The van der Waals surface area contributed by atoms with E-state index < -0.39 is 10.4 Å². The van der Waals surface area contributed by atoms with E-state index in [2.05, 4.69) is 12.6 Å². The molecule has 6 heteroatoms. The fourth-order valence-corrected chi connectivity index (χ4v) is 1.04. The predicted octanol–water partition coefficient (Wildman–Crippen LogP) is 1.06. The van der Waals surface area contributed by atoms with Gasteiger partial charge in [0.25, 0.3) is 0 Å². The quantitative estimate of drug-likeness (QED) is 0.437. The van der Waals surface area contributed by atoms with Crippen molar-refractivity contribution in [2.45, 2.75) is 19.3 Å². The summed E-state index contributed by atoms with van der Waals surface area (Å²) in [5.41, 5.74) is 0. The lowest BCUT2D eigenvalue weighted by molar-refractivity contribution is 0.354. The molecule has 0 atom stereocenters. The molecule has 11 heavy (non-hydrogen) atoms. The molecule has 0 radical (unpaired) electrons. The Morgan fingerprint density at radius 1 is 1.36 bits per heavy atom. The zero-order valence-corrected chi connectivity index (χ0v) is 7.68. The van der Waals surface area contributed by atoms with Gasteiger partial charge < -0.3 is 0 Å². The van der Waals surface area contributed by atoms with Gasteiger partial charge in [0, 0.05) is 0 Å². The van der Waals surface area contributed by atoms with Crippen LogP contribution in [-0.4, -0.2) is 23.3 Å². The molecule has 68 valence electrons. The second kappa shape index (κ2) is 4.97. The SMILES string of the molecule is O=S(=O)(O)O.SCC1CCC1. The molecule has 0 unspecified atom stereocenters. The Morgan fingerprint density at radius 2 is 1.73 bits per heavy atom. The fraction of sp³-hybridized carbons (Fsp3) is 1.00. The van der Waals surface area contributed by atoms with Crippen LogP contribution in [0.2, 0.25) is 0 Å². The second-order valence-corrected chi connectivity index (χ2v) is 3.69. The minimum Gasteiger partial charge on any atom is -0.264 e. The third-order valence-corrected chi connectivity index (χ3v) is 2.00. The molecule has 0 aromatic heterocycles. The first-order valence-electron chi connectivity index (χ1n) is 3.24. The molecule has 1 saturated carbocycles. The summed E-state index contributed by atoms with van der Waals surface area (Å²) in [6.45, 7) is 0. The van der Waals surface area contributed by atoms with E-state index in [4.69, 9.17) is 17.5 Å². The van der Waals surface area contributed by atoms with Crippen LogP contribution < -0.4 is 0 Å².